The molecule has 584 valence electrons. The maximum Gasteiger partial charge on any atom is 0.243 e. The fourth-order valence-corrected chi connectivity index (χ4v) is 21.2. The van der Waals surface area contributed by atoms with Crippen molar-refractivity contribution in [2.75, 3.05) is 74.2 Å². The number of fused-ring (bicyclic) bond motifs is 12. The summed E-state index contributed by atoms with van der Waals surface area (Å²) in [7, 11) is 6.10. The average molecular weight is 1610 g/mol. The van der Waals surface area contributed by atoms with Crippen LogP contribution in [0.15, 0.2) is 170 Å². The second-order valence-electron chi connectivity index (χ2n) is 30.4. The highest BCUT2D eigenvalue weighted by atomic mass is 35.5. The van der Waals surface area contributed by atoms with Gasteiger partial charge >= 0.3 is 0 Å². The van der Waals surface area contributed by atoms with Crippen molar-refractivity contribution >= 4 is 116 Å². The molecule has 4 bridgehead atoms. The van der Waals surface area contributed by atoms with Gasteiger partial charge in [-0.1, -0.05) is 124 Å². The molecule has 8 aliphatic rings. The number of hydrogen-bond acceptors (Lipinski definition) is 16. The van der Waals surface area contributed by atoms with Crippen molar-refractivity contribution < 1.29 is 57.2 Å². The fourth-order valence-electron chi connectivity index (χ4n) is 20.5. The summed E-state index contributed by atoms with van der Waals surface area (Å²) >= 11 is 27.2. The second-order valence-corrected chi connectivity index (χ2v) is 32.1. The van der Waals surface area contributed by atoms with Gasteiger partial charge in [-0.05, 0) is 205 Å². The molecule has 2 spiro atoms. The van der Waals surface area contributed by atoms with Crippen molar-refractivity contribution in [3.05, 3.63) is 234 Å². The Kier molecular flexibility index (Phi) is 20.6. The number of nitriles is 2. The number of hydrogen-bond donors (Lipinski definition) is 2. The third kappa shape index (κ3) is 10.8. The molecule has 0 radical (unpaired) electrons. The van der Waals surface area contributed by atoms with E-state index in [4.69, 9.17) is 74.8 Å². The average Bonchev–Trinajstić information content (AvgIpc) is 1.45. The normalized spacial score (nSPS) is 26.8. The molecule has 0 aromatic heterocycles. The summed E-state index contributed by atoms with van der Waals surface area (Å²) in [6, 6.07) is 52.5. The predicted octanol–water partition coefficient (Wildman–Crippen LogP) is 17.7. The summed E-state index contributed by atoms with van der Waals surface area (Å²) in [6.07, 6.45) is 5.84. The Morgan fingerprint density at radius 1 is 0.421 bits per heavy atom. The molecule has 6 heterocycles. The molecule has 8 aromatic carbocycles. The molecule has 2 aliphatic carbocycles. The number of carbonyl (C=O) groups excluding carboxylic acids is 6. The zero-order valence-corrected chi connectivity index (χ0v) is 67.2. The van der Waals surface area contributed by atoms with E-state index in [2.05, 4.69) is 12.1 Å². The monoisotopic (exact) mass is 1610 g/mol. The number of nitrogens with zero attached hydrogens (tertiary/aromatic N) is 6. The van der Waals surface area contributed by atoms with Crippen molar-refractivity contribution in [2.24, 2.45) is 34.5 Å². The Labute approximate surface area is 681 Å². The number of unbranched alkanes of at least 4 members (excludes halogenated alkanes) is 4. The van der Waals surface area contributed by atoms with E-state index in [1.54, 1.807) is 189 Å². The van der Waals surface area contributed by atoms with E-state index < -0.39 is 104 Å². The Hall–Kier alpha value is -10.7. The molecule has 16 rings (SSSR count). The molecule has 4 amide bonds. The van der Waals surface area contributed by atoms with E-state index in [1.165, 1.54) is 28.4 Å². The Bertz CT molecular complexity index is 5060. The molecule has 2 saturated heterocycles. The van der Waals surface area contributed by atoms with Crippen LogP contribution in [0.5, 0.6) is 23.0 Å². The Morgan fingerprint density at radius 3 is 1.01 bits per heavy atom. The number of ketones is 2. The number of halogens is 4. The van der Waals surface area contributed by atoms with Gasteiger partial charge in [0.15, 0.2) is 33.6 Å². The van der Waals surface area contributed by atoms with Crippen LogP contribution >= 0.6 is 46.4 Å². The van der Waals surface area contributed by atoms with Gasteiger partial charge in [0.1, 0.15) is 33.8 Å². The van der Waals surface area contributed by atoms with Gasteiger partial charge in [-0.2, -0.15) is 10.5 Å². The van der Waals surface area contributed by atoms with E-state index in [1.807, 2.05) is 27.7 Å². The number of nitrogens with one attached hydrogen (secondary N) is 2. The number of benzene rings is 8. The van der Waals surface area contributed by atoms with Crippen LogP contribution in [0.4, 0.5) is 22.7 Å². The van der Waals surface area contributed by atoms with Crippen molar-refractivity contribution in [1.29, 1.82) is 21.3 Å². The van der Waals surface area contributed by atoms with Gasteiger partial charge in [0.25, 0.3) is 0 Å². The molecule has 2 saturated carbocycles. The van der Waals surface area contributed by atoms with Crippen LogP contribution < -0.4 is 38.5 Å². The van der Waals surface area contributed by atoms with Gasteiger partial charge in [-0.25, -0.2) is 0 Å². The highest BCUT2D eigenvalue weighted by Crippen LogP contribution is 2.82. The van der Waals surface area contributed by atoms with E-state index in [9.17, 15) is 21.3 Å². The van der Waals surface area contributed by atoms with Crippen LogP contribution in [0.3, 0.4) is 0 Å². The first-order valence-corrected chi connectivity index (χ1v) is 40.0. The van der Waals surface area contributed by atoms with E-state index in [0.29, 0.717) is 151 Å². The van der Waals surface area contributed by atoms with Crippen molar-refractivity contribution in [1.82, 2.24) is 0 Å². The third-order valence-corrected chi connectivity index (χ3v) is 26.1. The second kappa shape index (κ2) is 29.9. The van der Waals surface area contributed by atoms with Gasteiger partial charge in [0.05, 0.1) is 64.2 Å². The topological polar surface area (TPSA) is 266 Å². The van der Waals surface area contributed by atoms with Crippen molar-refractivity contribution in [2.45, 2.75) is 113 Å². The molecule has 114 heavy (non-hydrogen) atoms. The molecule has 20 nitrogen and oxygen atoms in total. The molecular weight excluding hydrogens is 1530 g/mol. The van der Waals surface area contributed by atoms with Gasteiger partial charge in [0, 0.05) is 92.0 Å². The molecule has 8 aromatic rings. The maximum atomic E-state index is 16.2. The smallest absolute Gasteiger partial charge is 0.243 e. The molecule has 12 atom stereocenters. The van der Waals surface area contributed by atoms with E-state index in [0.717, 1.165) is 25.7 Å². The van der Waals surface area contributed by atoms with Crippen LogP contribution in [0.25, 0.3) is 0 Å². The minimum absolute atomic E-state index is 0.202. The third-order valence-electron chi connectivity index (χ3n) is 25.2. The highest BCUT2D eigenvalue weighted by molar-refractivity contribution is 6.33. The van der Waals surface area contributed by atoms with Gasteiger partial charge in [0.2, 0.25) is 35.4 Å². The minimum atomic E-state index is -2.16. The first kappa shape index (κ1) is 78.5. The number of Topliss-reactive ketones (excluding diaryl/α,β-unsaturated/α-hetero) is 2. The Balaban J connectivity index is 0.000000180. The molecule has 0 unspecified atom stereocenters. The summed E-state index contributed by atoms with van der Waals surface area (Å²) in [6.45, 7) is 9.51. The summed E-state index contributed by atoms with van der Waals surface area (Å²) in [5, 5.41) is 44.7. The lowest BCUT2D eigenvalue weighted by atomic mass is 9.57. The zero-order valence-electron chi connectivity index (χ0n) is 64.2. The SMILES string of the molecule is CCCCN1C(=O)[C@@H]([C@H]2[C@@]3(C#N)C(=N)O[C@]2(c2ccc(OC)cc2)[C@@]2(C(=O)N(CCCC)c4ccc(Cl)cc42)[C@H]3C(=O)c2ccc(OC)cc2)c2cc(Cl)ccc21.CCCCN1C(=O)[C@H]([C@@H]2[C@]3(C#N)C(=N)O[C@@]2(c2ccc(OC)cc2)[C@]2(C(=O)N(CCCC)c4ccc(Cl)cc42)[C@@H]3C(=O)c2ccc(OC)cc2)c2cc(Cl)ccc21. The van der Waals surface area contributed by atoms with E-state index in [-0.39, 0.29) is 22.9 Å². The molecule has 4 fully saturated rings. The summed E-state index contributed by atoms with van der Waals surface area (Å²) in [4.78, 5) is 101. The number of methoxy groups -OCH3 is 4. The molecule has 24 heteroatoms. The number of anilines is 4. The number of amides is 4. The van der Waals surface area contributed by atoms with Crippen LogP contribution in [-0.2, 0) is 50.7 Å². The zero-order chi connectivity index (χ0) is 80.9. The van der Waals surface area contributed by atoms with Gasteiger partial charge in [-0.3, -0.25) is 39.6 Å². The lowest BCUT2D eigenvalue weighted by Crippen LogP contribution is -2.63. The van der Waals surface area contributed by atoms with Crippen LogP contribution in [0.2, 0.25) is 20.1 Å². The largest absolute Gasteiger partial charge is 0.497 e. The van der Waals surface area contributed by atoms with Crippen LogP contribution in [0, 0.1) is 68.0 Å². The lowest BCUT2D eigenvalue weighted by molar-refractivity contribution is -0.139. The van der Waals surface area contributed by atoms with Crippen LogP contribution in [-0.4, -0.2) is 102 Å². The fraction of sp³-hybridized carbons (Fsp3) is 0.356. The summed E-state index contributed by atoms with van der Waals surface area (Å²) < 4.78 is 36.0. The number of ether oxygens (including phenoxy) is 6. The first-order valence-electron chi connectivity index (χ1n) is 38.5. The quantitative estimate of drug-likeness (QED) is 0.0533. The van der Waals surface area contributed by atoms with Gasteiger partial charge in [-0.15, -0.1) is 0 Å². The van der Waals surface area contributed by atoms with Crippen molar-refractivity contribution in [3.63, 3.8) is 0 Å². The summed E-state index contributed by atoms with van der Waals surface area (Å²) in [5.74, 6) is -9.67. The van der Waals surface area contributed by atoms with Crippen LogP contribution in [0.1, 0.15) is 145 Å². The van der Waals surface area contributed by atoms with E-state index >= 15 is 28.8 Å². The van der Waals surface area contributed by atoms with Crippen molar-refractivity contribution in [3.8, 4) is 35.1 Å². The Morgan fingerprint density at radius 2 is 0.711 bits per heavy atom. The standard InChI is InChI=1S/2C45H42Cl2N4O6/c2*1-5-7-21-50-34-19-13-28(46)23-32(34)36(40(50)53)38-43(25-48)39(37(52)26-9-15-30(55-3)16-10-26)44(45(38,57-41(43)49)27-11-17-31(56-4)18-12-27)33-24-29(47)14-20-35(33)51(42(44)54)22-8-6-2/h2*9-20,23-24,36,38-39,49H,5-8,21-22H2,1-4H3/t2*36-,38+,39+,43-,44-,45+/m10/s1. The molecule has 6 aliphatic heterocycles. The predicted molar refractivity (Wildman–Crippen MR) is 435 cm³/mol. The minimum Gasteiger partial charge on any atom is -0.497 e. The maximum absolute atomic E-state index is 16.2. The first-order chi connectivity index (χ1) is 55.0. The number of carbonyl (C=O) groups is 6. The summed E-state index contributed by atoms with van der Waals surface area (Å²) in [5.41, 5.74) is -6.93. The molecular formula is C90H84Cl4N8O12. The number of rotatable bonds is 24. The highest BCUT2D eigenvalue weighted by Gasteiger charge is 2.93. The van der Waals surface area contributed by atoms with Gasteiger partial charge < -0.3 is 48.0 Å². The molecule has 2 N–H and O–H groups in total. The lowest BCUT2D eigenvalue weighted by Gasteiger charge is -2.48.